The summed E-state index contributed by atoms with van der Waals surface area (Å²) in [4.78, 5) is 8.97. The molecular formula is C20H25N3O4S. The van der Waals surface area contributed by atoms with Gasteiger partial charge in [-0.2, -0.15) is 0 Å². The number of methoxy groups -OCH3 is 2. The molecule has 0 bridgehead atoms. The van der Waals surface area contributed by atoms with Gasteiger partial charge in [-0.3, -0.25) is 13.8 Å². The predicted molar refractivity (Wildman–Crippen MR) is 108 cm³/mol. The van der Waals surface area contributed by atoms with Crippen molar-refractivity contribution >= 4 is 21.8 Å². The van der Waals surface area contributed by atoms with Gasteiger partial charge < -0.3 is 14.2 Å². The second kappa shape index (κ2) is 9.77. The quantitative estimate of drug-likeness (QED) is 0.484. The Labute approximate surface area is 167 Å². The molecule has 2 heterocycles. The highest BCUT2D eigenvalue weighted by Crippen LogP contribution is 2.24. The van der Waals surface area contributed by atoms with Crippen LogP contribution in [0.25, 0.3) is 11.0 Å². The third-order valence-electron chi connectivity index (χ3n) is 4.36. The molecule has 1 atom stereocenters. The van der Waals surface area contributed by atoms with E-state index in [9.17, 15) is 4.21 Å². The standard InChI is InChI=1S/C20H25N3O4S/c1-15-17(21-10-9-19(15)27-12-6-11-25-2)13-28(24)20-22-16-7-4-5-8-18(16)23(20)14-26-3/h4-5,7-10H,6,11-14H2,1-3H3/t28-/m1/s1. The molecule has 2 aromatic heterocycles. The van der Waals surface area contributed by atoms with Gasteiger partial charge in [-0.05, 0) is 25.1 Å². The predicted octanol–water partition coefficient (Wildman–Crippen LogP) is 3.07. The fraction of sp³-hybridized carbons (Fsp3) is 0.400. The van der Waals surface area contributed by atoms with Gasteiger partial charge in [0.15, 0.2) is 0 Å². The maximum atomic E-state index is 13.1. The van der Waals surface area contributed by atoms with Gasteiger partial charge in [0.2, 0.25) is 5.16 Å². The van der Waals surface area contributed by atoms with Crippen LogP contribution in [0.1, 0.15) is 17.7 Å². The topological polar surface area (TPSA) is 75.5 Å². The Morgan fingerprint density at radius 2 is 1.93 bits per heavy atom. The van der Waals surface area contributed by atoms with Gasteiger partial charge in [-0.1, -0.05) is 12.1 Å². The highest BCUT2D eigenvalue weighted by molar-refractivity contribution is 7.84. The Bertz CT molecular complexity index is 958. The van der Waals surface area contributed by atoms with Crippen LogP contribution in [0.4, 0.5) is 0 Å². The van der Waals surface area contributed by atoms with Gasteiger partial charge in [0.25, 0.3) is 0 Å². The third kappa shape index (κ3) is 4.57. The van der Waals surface area contributed by atoms with Crippen LogP contribution in [0.2, 0.25) is 0 Å². The molecule has 0 aliphatic heterocycles. The van der Waals surface area contributed by atoms with Gasteiger partial charge in [0.1, 0.15) is 12.5 Å². The van der Waals surface area contributed by atoms with Crippen LogP contribution in [0.5, 0.6) is 5.75 Å². The molecule has 0 N–H and O–H groups in total. The summed E-state index contributed by atoms with van der Waals surface area (Å²) in [7, 11) is 1.90. The average Bonchev–Trinajstić information content (AvgIpc) is 3.07. The van der Waals surface area contributed by atoms with Crippen LogP contribution < -0.4 is 4.74 Å². The lowest BCUT2D eigenvalue weighted by Gasteiger charge is -2.12. The third-order valence-corrected chi connectivity index (χ3v) is 5.61. The number of fused-ring (bicyclic) bond motifs is 1. The molecule has 3 aromatic rings. The first-order chi connectivity index (χ1) is 13.7. The van der Waals surface area contributed by atoms with Crippen LogP contribution >= 0.6 is 0 Å². The number of pyridine rings is 1. The van der Waals surface area contributed by atoms with Crippen molar-refractivity contribution in [1.82, 2.24) is 14.5 Å². The van der Waals surface area contributed by atoms with Crippen LogP contribution in [0.3, 0.4) is 0 Å². The highest BCUT2D eigenvalue weighted by atomic mass is 32.2. The van der Waals surface area contributed by atoms with Gasteiger partial charge in [0.05, 0.1) is 39.9 Å². The van der Waals surface area contributed by atoms with Crippen LogP contribution in [-0.2, 0) is 32.8 Å². The SMILES string of the molecule is COCCCOc1ccnc(C[S@@](=O)c2nc3ccccc3n2COC)c1C. The monoisotopic (exact) mass is 403 g/mol. The van der Waals surface area contributed by atoms with Crippen molar-refractivity contribution in [3.8, 4) is 5.75 Å². The molecule has 0 fully saturated rings. The minimum absolute atomic E-state index is 0.258. The van der Waals surface area contributed by atoms with E-state index in [4.69, 9.17) is 14.2 Å². The number of imidazole rings is 1. The van der Waals surface area contributed by atoms with E-state index >= 15 is 0 Å². The first-order valence-electron chi connectivity index (χ1n) is 9.04. The lowest BCUT2D eigenvalue weighted by Crippen LogP contribution is -2.11. The van der Waals surface area contributed by atoms with E-state index in [1.165, 1.54) is 0 Å². The Morgan fingerprint density at radius 1 is 1.11 bits per heavy atom. The summed E-state index contributed by atoms with van der Waals surface area (Å²) in [5, 5.41) is 0.482. The van der Waals surface area contributed by atoms with Crippen molar-refractivity contribution in [3.05, 3.63) is 47.8 Å². The largest absolute Gasteiger partial charge is 0.493 e. The van der Waals surface area contributed by atoms with Crippen molar-refractivity contribution in [2.75, 3.05) is 27.4 Å². The molecule has 0 aliphatic rings. The van der Waals surface area contributed by atoms with Gasteiger partial charge >= 0.3 is 0 Å². The number of aromatic nitrogens is 3. The zero-order chi connectivity index (χ0) is 19.9. The number of hydrogen-bond acceptors (Lipinski definition) is 6. The van der Waals surface area contributed by atoms with E-state index in [1.54, 1.807) is 20.4 Å². The Hall–Kier alpha value is -2.29. The summed E-state index contributed by atoms with van der Waals surface area (Å²) in [5.74, 6) is 1.01. The summed E-state index contributed by atoms with van der Waals surface area (Å²) < 4.78 is 31.1. The summed E-state index contributed by atoms with van der Waals surface area (Å²) in [6.07, 6.45) is 2.49. The summed E-state index contributed by atoms with van der Waals surface area (Å²) in [6.45, 7) is 3.43. The zero-order valence-electron chi connectivity index (χ0n) is 16.4. The van der Waals surface area contributed by atoms with Crippen molar-refractivity contribution in [2.45, 2.75) is 31.0 Å². The van der Waals surface area contributed by atoms with Crippen molar-refractivity contribution < 1.29 is 18.4 Å². The molecule has 0 radical (unpaired) electrons. The molecule has 0 aliphatic carbocycles. The van der Waals surface area contributed by atoms with Gasteiger partial charge in [-0.15, -0.1) is 0 Å². The van der Waals surface area contributed by atoms with E-state index in [0.29, 0.717) is 18.4 Å². The van der Waals surface area contributed by atoms with E-state index in [0.717, 1.165) is 34.5 Å². The van der Waals surface area contributed by atoms with E-state index in [1.807, 2.05) is 41.8 Å². The molecule has 3 rings (SSSR count). The molecule has 8 heteroatoms. The minimum Gasteiger partial charge on any atom is -0.493 e. The molecular weight excluding hydrogens is 378 g/mol. The molecule has 1 aromatic carbocycles. The molecule has 0 saturated carbocycles. The Kier molecular flexibility index (Phi) is 7.13. The lowest BCUT2D eigenvalue weighted by molar-refractivity contribution is 0.127. The minimum atomic E-state index is -1.37. The number of hydrogen-bond donors (Lipinski definition) is 0. The molecule has 7 nitrogen and oxygen atoms in total. The second-order valence-corrected chi connectivity index (χ2v) is 7.64. The highest BCUT2D eigenvalue weighted by Gasteiger charge is 2.19. The maximum absolute atomic E-state index is 13.1. The molecule has 0 saturated heterocycles. The fourth-order valence-corrected chi connectivity index (χ4v) is 4.18. The first-order valence-corrected chi connectivity index (χ1v) is 10.4. The van der Waals surface area contributed by atoms with Crippen LogP contribution in [0, 0.1) is 6.92 Å². The van der Waals surface area contributed by atoms with Crippen molar-refractivity contribution in [1.29, 1.82) is 0 Å². The maximum Gasteiger partial charge on any atom is 0.202 e. The van der Waals surface area contributed by atoms with Crippen LogP contribution in [-0.4, -0.2) is 46.2 Å². The van der Waals surface area contributed by atoms with Crippen molar-refractivity contribution in [3.63, 3.8) is 0 Å². The van der Waals surface area contributed by atoms with Gasteiger partial charge in [-0.25, -0.2) is 4.98 Å². The number of rotatable bonds is 10. The molecule has 0 unspecified atom stereocenters. The van der Waals surface area contributed by atoms with E-state index < -0.39 is 10.8 Å². The smallest absolute Gasteiger partial charge is 0.202 e. The summed E-state index contributed by atoms with van der Waals surface area (Å²) in [6, 6.07) is 9.52. The average molecular weight is 404 g/mol. The van der Waals surface area contributed by atoms with Gasteiger partial charge in [0, 0.05) is 39.0 Å². The molecule has 0 spiro atoms. The van der Waals surface area contributed by atoms with E-state index in [2.05, 4.69) is 9.97 Å². The Balaban J connectivity index is 1.81. The normalized spacial score (nSPS) is 12.4. The lowest BCUT2D eigenvalue weighted by atomic mass is 10.2. The first kappa shape index (κ1) is 20.4. The van der Waals surface area contributed by atoms with Crippen molar-refractivity contribution in [2.24, 2.45) is 0 Å². The Morgan fingerprint density at radius 3 is 2.71 bits per heavy atom. The summed E-state index contributed by atoms with van der Waals surface area (Å²) >= 11 is 0. The zero-order valence-corrected chi connectivity index (χ0v) is 17.2. The molecule has 0 amide bonds. The fourth-order valence-electron chi connectivity index (χ4n) is 2.92. The number of para-hydroxylation sites is 2. The van der Waals surface area contributed by atoms with Crippen LogP contribution in [0.15, 0.2) is 41.7 Å². The number of ether oxygens (including phenoxy) is 3. The van der Waals surface area contributed by atoms with E-state index in [-0.39, 0.29) is 12.5 Å². The number of nitrogens with zero attached hydrogens (tertiary/aromatic N) is 3. The molecule has 150 valence electrons. The second-order valence-electron chi connectivity index (χ2n) is 6.29. The summed E-state index contributed by atoms with van der Waals surface area (Å²) in [5.41, 5.74) is 3.32. The number of benzene rings is 1. The molecule has 28 heavy (non-hydrogen) atoms.